The summed E-state index contributed by atoms with van der Waals surface area (Å²) in [5.41, 5.74) is 10.3. The lowest BCUT2D eigenvalue weighted by Gasteiger charge is -2.06. The maximum absolute atomic E-state index is 5.90. The van der Waals surface area contributed by atoms with Crippen molar-refractivity contribution in [1.82, 2.24) is 24.5 Å². The number of anilines is 1. The van der Waals surface area contributed by atoms with Crippen LogP contribution >= 0.6 is 0 Å². The summed E-state index contributed by atoms with van der Waals surface area (Å²) in [5.74, 6) is 1.57. The lowest BCUT2D eigenvalue weighted by atomic mass is 10.1. The molecule has 0 fully saturated rings. The molecular weight excluding hydrogens is 380 g/mol. The lowest BCUT2D eigenvalue weighted by Crippen LogP contribution is -1.99. The Morgan fingerprint density at radius 1 is 0.967 bits per heavy atom. The third-order valence-electron chi connectivity index (χ3n) is 4.69. The van der Waals surface area contributed by atoms with Gasteiger partial charge >= 0.3 is 0 Å². The molecule has 8 heteroatoms. The number of rotatable bonds is 6. The summed E-state index contributed by atoms with van der Waals surface area (Å²) in [6.07, 6.45) is 9.64. The summed E-state index contributed by atoms with van der Waals surface area (Å²) in [4.78, 5) is 12.7. The molecule has 8 nitrogen and oxygen atoms in total. The van der Waals surface area contributed by atoms with Gasteiger partial charge in [0.25, 0.3) is 0 Å². The molecular formula is C22H18N6O2. The Balaban J connectivity index is 1.22. The predicted molar refractivity (Wildman–Crippen MR) is 111 cm³/mol. The van der Waals surface area contributed by atoms with Crippen LogP contribution < -0.4 is 10.5 Å². The summed E-state index contributed by atoms with van der Waals surface area (Å²) >= 11 is 0. The number of ether oxygens (including phenoxy) is 1. The van der Waals surface area contributed by atoms with E-state index in [0.717, 1.165) is 28.0 Å². The van der Waals surface area contributed by atoms with Crippen molar-refractivity contribution in [3.8, 4) is 17.2 Å². The summed E-state index contributed by atoms with van der Waals surface area (Å²) in [6, 6.07) is 13.3. The first kappa shape index (κ1) is 17.9. The van der Waals surface area contributed by atoms with E-state index in [-0.39, 0.29) is 0 Å². The Hall–Kier alpha value is -4.20. The Bertz CT molecular complexity index is 1290. The minimum Gasteiger partial charge on any atom is -0.473 e. The molecule has 5 rings (SSSR count). The van der Waals surface area contributed by atoms with Gasteiger partial charge in [-0.2, -0.15) is 0 Å². The van der Waals surface area contributed by atoms with Gasteiger partial charge in [0.15, 0.2) is 5.76 Å². The first-order valence-corrected chi connectivity index (χ1v) is 9.40. The van der Waals surface area contributed by atoms with E-state index in [4.69, 9.17) is 15.0 Å². The zero-order valence-corrected chi connectivity index (χ0v) is 16.0. The fourth-order valence-corrected chi connectivity index (χ4v) is 3.16. The Morgan fingerprint density at radius 2 is 1.93 bits per heavy atom. The molecule has 148 valence electrons. The maximum Gasteiger partial charge on any atom is 0.213 e. The highest BCUT2D eigenvalue weighted by atomic mass is 16.5. The van der Waals surface area contributed by atoms with Gasteiger partial charge in [-0.05, 0) is 35.4 Å². The molecule has 0 unspecified atom stereocenters. The van der Waals surface area contributed by atoms with Crippen LogP contribution in [0.25, 0.3) is 17.0 Å². The van der Waals surface area contributed by atoms with E-state index in [1.165, 1.54) is 0 Å². The molecule has 0 aliphatic carbocycles. The van der Waals surface area contributed by atoms with E-state index in [1.807, 2.05) is 59.3 Å². The topological polar surface area (TPSA) is 104 Å². The molecule has 0 amide bonds. The highest BCUT2D eigenvalue weighted by Crippen LogP contribution is 2.25. The number of nitrogens with two attached hydrogens (primary N) is 1. The monoisotopic (exact) mass is 398 g/mol. The molecule has 0 bridgehead atoms. The van der Waals surface area contributed by atoms with Crippen molar-refractivity contribution >= 4 is 11.5 Å². The van der Waals surface area contributed by atoms with Gasteiger partial charge in [0, 0.05) is 49.5 Å². The molecule has 0 aromatic carbocycles. The first-order chi connectivity index (χ1) is 14.7. The summed E-state index contributed by atoms with van der Waals surface area (Å²) in [7, 11) is 0. The lowest BCUT2D eigenvalue weighted by molar-refractivity contribution is 0.293. The molecule has 0 saturated carbocycles. The summed E-state index contributed by atoms with van der Waals surface area (Å²) in [5, 5.41) is 4.12. The SMILES string of the molecule is Nc1ncccc1-c1cc(Cc2ccc(OCc3ccn4ccnc4c3)nc2)no1. The molecule has 5 aromatic rings. The van der Waals surface area contributed by atoms with E-state index >= 15 is 0 Å². The van der Waals surface area contributed by atoms with Crippen molar-refractivity contribution in [1.29, 1.82) is 0 Å². The van der Waals surface area contributed by atoms with Gasteiger partial charge in [-0.15, -0.1) is 0 Å². The Kier molecular flexibility index (Phi) is 4.57. The zero-order chi connectivity index (χ0) is 20.3. The number of aromatic nitrogens is 5. The minimum absolute atomic E-state index is 0.412. The zero-order valence-electron chi connectivity index (χ0n) is 16.0. The van der Waals surface area contributed by atoms with Gasteiger partial charge in [-0.25, -0.2) is 15.0 Å². The maximum atomic E-state index is 5.90. The average molecular weight is 398 g/mol. The van der Waals surface area contributed by atoms with Crippen LogP contribution in [-0.2, 0) is 13.0 Å². The van der Waals surface area contributed by atoms with Crippen molar-refractivity contribution < 1.29 is 9.26 Å². The molecule has 30 heavy (non-hydrogen) atoms. The van der Waals surface area contributed by atoms with E-state index in [0.29, 0.717) is 30.5 Å². The number of imidazole rings is 1. The van der Waals surface area contributed by atoms with Crippen molar-refractivity contribution in [2.45, 2.75) is 13.0 Å². The van der Waals surface area contributed by atoms with E-state index < -0.39 is 0 Å². The second kappa shape index (κ2) is 7.67. The van der Waals surface area contributed by atoms with Crippen LogP contribution in [-0.4, -0.2) is 24.5 Å². The minimum atomic E-state index is 0.412. The standard InChI is InChI=1S/C22H18N6O2/c23-22-18(2-1-6-25-22)19-12-17(27-30-19)10-15-3-4-21(26-13-15)29-14-16-5-8-28-9-7-24-20(28)11-16/h1-9,11-13H,10,14H2,(H2,23,25). The predicted octanol–water partition coefficient (Wildman–Crippen LogP) is 3.53. The van der Waals surface area contributed by atoms with Crippen LogP contribution in [0.3, 0.4) is 0 Å². The molecule has 0 saturated heterocycles. The van der Waals surface area contributed by atoms with Crippen molar-refractivity contribution in [2.24, 2.45) is 0 Å². The smallest absolute Gasteiger partial charge is 0.213 e. The first-order valence-electron chi connectivity index (χ1n) is 9.40. The van der Waals surface area contributed by atoms with Gasteiger partial charge < -0.3 is 19.4 Å². The van der Waals surface area contributed by atoms with E-state index in [1.54, 1.807) is 18.6 Å². The number of nitrogens with zero attached hydrogens (tertiary/aromatic N) is 5. The van der Waals surface area contributed by atoms with Crippen LogP contribution in [0.4, 0.5) is 5.82 Å². The number of pyridine rings is 3. The average Bonchev–Trinajstić information content (AvgIpc) is 3.43. The third kappa shape index (κ3) is 3.70. The normalized spacial score (nSPS) is 11.1. The quantitative estimate of drug-likeness (QED) is 0.466. The van der Waals surface area contributed by atoms with Crippen LogP contribution in [0.2, 0.25) is 0 Å². The largest absolute Gasteiger partial charge is 0.473 e. The van der Waals surface area contributed by atoms with E-state index in [9.17, 15) is 0 Å². The molecule has 0 radical (unpaired) electrons. The molecule has 0 aliphatic heterocycles. The number of fused-ring (bicyclic) bond motifs is 1. The second-order valence-electron chi connectivity index (χ2n) is 6.82. The van der Waals surface area contributed by atoms with Crippen LogP contribution in [0.5, 0.6) is 5.88 Å². The molecule has 5 aromatic heterocycles. The fourth-order valence-electron chi connectivity index (χ4n) is 3.16. The van der Waals surface area contributed by atoms with Gasteiger partial charge in [0.2, 0.25) is 5.88 Å². The molecule has 0 aliphatic rings. The van der Waals surface area contributed by atoms with E-state index in [2.05, 4.69) is 20.1 Å². The van der Waals surface area contributed by atoms with Crippen LogP contribution in [0.1, 0.15) is 16.8 Å². The van der Waals surface area contributed by atoms with Crippen molar-refractivity contribution in [2.75, 3.05) is 5.73 Å². The number of hydrogen-bond acceptors (Lipinski definition) is 7. The Labute approximate surface area is 172 Å². The van der Waals surface area contributed by atoms with Crippen LogP contribution in [0, 0.1) is 0 Å². The van der Waals surface area contributed by atoms with Gasteiger partial charge in [0.1, 0.15) is 18.1 Å². The Morgan fingerprint density at radius 3 is 2.80 bits per heavy atom. The summed E-state index contributed by atoms with van der Waals surface area (Å²) in [6.45, 7) is 0.425. The van der Waals surface area contributed by atoms with Crippen molar-refractivity contribution in [3.63, 3.8) is 0 Å². The number of hydrogen-bond donors (Lipinski definition) is 1. The van der Waals surface area contributed by atoms with Crippen LogP contribution in [0.15, 0.2) is 78.0 Å². The highest BCUT2D eigenvalue weighted by molar-refractivity contribution is 5.69. The van der Waals surface area contributed by atoms with Gasteiger partial charge in [0.05, 0.1) is 11.3 Å². The molecule has 0 spiro atoms. The molecule has 5 heterocycles. The molecule has 2 N–H and O–H groups in total. The second-order valence-corrected chi connectivity index (χ2v) is 6.82. The summed E-state index contributed by atoms with van der Waals surface area (Å²) < 4.78 is 13.2. The van der Waals surface area contributed by atoms with Gasteiger partial charge in [-0.1, -0.05) is 11.2 Å². The number of nitrogen functional groups attached to an aromatic ring is 1. The van der Waals surface area contributed by atoms with Crippen molar-refractivity contribution in [3.05, 3.63) is 90.3 Å². The molecule has 0 atom stereocenters. The van der Waals surface area contributed by atoms with Gasteiger partial charge in [-0.3, -0.25) is 0 Å². The fraction of sp³-hybridized carbons (Fsp3) is 0.0909. The third-order valence-corrected chi connectivity index (χ3v) is 4.69. The highest BCUT2D eigenvalue weighted by Gasteiger charge is 2.11.